The Labute approximate surface area is 180 Å². The van der Waals surface area contributed by atoms with Gasteiger partial charge < -0.3 is 19.9 Å². The molecule has 2 aliphatic carbocycles. The molecule has 2 saturated carbocycles. The van der Waals surface area contributed by atoms with Crippen LogP contribution < -0.4 is 14.8 Å². The lowest BCUT2D eigenvalue weighted by molar-refractivity contribution is 0.0903. The Kier molecular flexibility index (Phi) is 5.86. The molecule has 1 amide bonds. The SMILES string of the molecule is CC(=O)c1ccc(NC(=O)c2cc(Cl)c(OC3CCC3)c(OC3CCC3)c2)cc1O. The number of phenols is 1. The molecule has 2 fully saturated rings. The number of amides is 1. The van der Waals surface area contributed by atoms with Gasteiger partial charge in [0.2, 0.25) is 0 Å². The Balaban J connectivity index is 1.57. The van der Waals surface area contributed by atoms with Gasteiger partial charge in [0.1, 0.15) is 5.75 Å². The van der Waals surface area contributed by atoms with Crippen LogP contribution in [0.1, 0.15) is 66.2 Å². The molecule has 6 nitrogen and oxygen atoms in total. The van der Waals surface area contributed by atoms with E-state index in [1.165, 1.54) is 19.1 Å². The summed E-state index contributed by atoms with van der Waals surface area (Å²) in [4.78, 5) is 24.3. The van der Waals surface area contributed by atoms with Crippen LogP contribution in [-0.2, 0) is 0 Å². The largest absolute Gasteiger partial charge is 0.507 e. The van der Waals surface area contributed by atoms with E-state index in [1.807, 2.05) is 0 Å². The number of benzene rings is 2. The lowest BCUT2D eigenvalue weighted by atomic mass is 9.95. The van der Waals surface area contributed by atoms with Gasteiger partial charge in [-0.05, 0) is 69.7 Å². The molecule has 0 aromatic heterocycles. The van der Waals surface area contributed by atoms with Gasteiger partial charge >= 0.3 is 0 Å². The number of phenolic OH excluding ortho intramolecular Hbond substituents is 1. The van der Waals surface area contributed by atoms with Crippen LogP contribution in [0.5, 0.6) is 17.2 Å². The summed E-state index contributed by atoms with van der Waals surface area (Å²) in [6.07, 6.45) is 6.42. The Morgan fingerprint density at radius 2 is 1.70 bits per heavy atom. The number of aromatic hydroxyl groups is 1. The van der Waals surface area contributed by atoms with Crippen molar-refractivity contribution in [3.63, 3.8) is 0 Å². The molecule has 30 heavy (non-hydrogen) atoms. The van der Waals surface area contributed by atoms with Crippen molar-refractivity contribution in [3.05, 3.63) is 46.5 Å². The van der Waals surface area contributed by atoms with Crippen molar-refractivity contribution < 1.29 is 24.2 Å². The number of carbonyl (C=O) groups excluding carboxylic acids is 2. The number of halogens is 1. The fraction of sp³-hybridized carbons (Fsp3) is 0.391. The highest BCUT2D eigenvalue weighted by Crippen LogP contribution is 2.41. The fourth-order valence-electron chi connectivity index (χ4n) is 3.34. The average molecular weight is 430 g/mol. The Morgan fingerprint density at radius 1 is 1.03 bits per heavy atom. The summed E-state index contributed by atoms with van der Waals surface area (Å²) in [5.74, 6) is 0.140. The van der Waals surface area contributed by atoms with Crippen LogP contribution in [0.4, 0.5) is 5.69 Å². The quantitative estimate of drug-likeness (QED) is 0.578. The molecule has 0 spiro atoms. The van der Waals surface area contributed by atoms with Gasteiger partial charge in [-0.3, -0.25) is 9.59 Å². The molecule has 0 radical (unpaired) electrons. The lowest BCUT2D eigenvalue weighted by Gasteiger charge is -2.31. The molecule has 2 N–H and O–H groups in total. The van der Waals surface area contributed by atoms with Crippen molar-refractivity contribution >= 4 is 29.0 Å². The first kappa shape index (κ1) is 20.5. The van der Waals surface area contributed by atoms with Crippen LogP contribution in [0.25, 0.3) is 0 Å². The van der Waals surface area contributed by atoms with E-state index in [9.17, 15) is 14.7 Å². The monoisotopic (exact) mass is 429 g/mol. The number of ketones is 1. The van der Waals surface area contributed by atoms with Crippen LogP contribution in [-0.4, -0.2) is 29.0 Å². The molecule has 0 heterocycles. The summed E-state index contributed by atoms with van der Waals surface area (Å²) in [5.41, 5.74) is 0.894. The number of ether oxygens (including phenoxy) is 2. The smallest absolute Gasteiger partial charge is 0.255 e. The Hall–Kier alpha value is -2.73. The first-order valence-electron chi connectivity index (χ1n) is 10.2. The molecule has 2 aromatic rings. The normalized spacial score (nSPS) is 16.3. The first-order chi connectivity index (χ1) is 14.4. The zero-order valence-electron chi connectivity index (χ0n) is 16.7. The molecule has 2 aliphatic rings. The standard InChI is InChI=1S/C23H24ClNO5/c1-13(26)18-9-8-15(12-20(18)27)25-23(28)14-10-19(24)22(30-17-6-3-7-17)21(11-14)29-16-4-2-5-16/h8-12,16-17,27H,2-7H2,1H3,(H,25,28). The van der Waals surface area contributed by atoms with Gasteiger partial charge in [0, 0.05) is 17.3 Å². The van der Waals surface area contributed by atoms with Gasteiger partial charge in [0.25, 0.3) is 5.91 Å². The van der Waals surface area contributed by atoms with Crippen molar-refractivity contribution in [2.45, 2.75) is 57.7 Å². The summed E-state index contributed by atoms with van der Waals surface area (Å²) in [6, 6.07) is 7.59. The highest BCUT2D eigenvalue weighted by Gasteiger charge is 2.27. The van der Waals surface area contributed by atoms with Gasteiger partial charge in [0.15, 0.2) is 17.3 Å². The van der Waals surface area contributed by atoms with E-state index in [0.29, 0.717) is 27.8 Å². The highest BCUT2D eigenvalue weighted by atomic mass is 35.5. The number of anilines is 1. The molecule has 0 atom stereocenters. The molecular formula is C23H24ClNO5. The highest BCUT2D eigenvalue weighted by molar-refractivity contribution is 6.32. The minimum absolute atomic E-state index is 0.110. The maximum Gasteiger partial charge on any atom is 0.255 e. The second-order valence-corrected chi connectivity index (χ2v) is 8.28. The maximum absolute atomic E-state index is 12.8. The summed E-state index contributed by atoms with van der Waals surface area (Å²) in [6.45, 7) is 1.37. The zero-order chi connectivity index (χ0) is 21.3. The number of rotatable bonds is 7. The van der Waals surface area contributed by atoms with Gasteiger partial charge in [-0.2, -0.15) is 0 Å². The van der Waals surface area contributed by atoms with Crippen molar-refractivity contribution in [1.82, 2.24) is 0 Å². The second-order valence-electron chi connectivity index (χ2n) is 7.87. The van der Waals surface area contributed by atoms with E-state index < -0.39 is 5.91 Å². The molecule has 2 aromatic carbocycles. The molecule has 0 unspecified atom stereocenters. The predicted molar refractivity (Wildman–Crippen MR) is 114 cm³/mol. The lowest BCUT2D eigenvalue weighted by Crippen LogP contribution is -2.27. The summed E-state index contributed by atoms with van der Waals surface area (Å²) in [7, 11) is 0. The van der Waals surface area contributed by atoms with Crippen LogP contribution in [0.15, 0.2) is 30.3 Å². The third-order valence-electron chi connectivity index (χ3n) is 5.59. The molecule has 7 heteroatoms. The second kappa shape index (κ2) is 8.56. The van der Waals surface area contributed by atoms with Crippen LogP contribution in [0.2, 0.25) is 5.02 Å². The van der Waals surface area contributed by atoms with Crippen LogP contribution >= 0.6 is 11.6 Å². The summed E-state index contributed by atoms with van der Waals surface area (Å²) < 4.78 is 12.1. The number of carbonyl (C=O) groups is 2. The number of hydrogen-bond acceptors (Lipinski definition) is 5. The van der Waals surface area contributed by atoms with E-state index in [2.05, 4.69) is 5.32 Å². The number of nitrogens with one attached hydrogen (secondary N) is 1. The maximum atomic E-state index is 12.8. The van der Waals surface area contributed by atoms with Crippen LogP contribution in [0, 0.1) is 0 Å². The van der Waals surface area contributed by atoms with Crippen molar-refractivity contribution in [3.8, 4) is 17.2 Å². The van der Waals surface area contributed by atoms with Crippen molar-refractivity contribution in [2.24, 2.45) is 0 Å². The average Bonchev–Trinajstić information content (AvgIpc) is 2.61. The minimum atomic E-state index is -0.402. The molecule has 4 rings (SSSR count). The van der Waals surface area contributed by atoms with Crippen LogP contribution in [0.3, 0.4) is 0 Å². The molecular weight excluding hydrogens is 406 g/mol. The van der Waals surface area contributed by atoms with Gasteiger partial charge in [0.05, 0.1) is 22.8 Å². The van der Waals surface area contributed by atoms with E-state index in [-0.39, 0.29) is 29.3 Å². The van der Waals surface area contributed by atoms with Crippen molar-refractivity contribution in [1.29, 1.82) is 0 Å². The van der Waals surface area contributed by atoms with E-state index in [0.717, 1.165) is 38.5 Å². The Bertz CT molecular complexity index is 982. The third kappa shape index (κ3) is 4.38. The van der Waals surface area contributed by atoms with Crippen molar-refractivity contribution in [2.75, 3.05) is 5.32 Å². The van der Waals surface area contributed by atoms with E-state index in [1.54, 1.807) is 18.2 Å². The van der Waals surface area contributed by atoms with E-state index in [4.69, 9.17) is 21.1 Å². The molecule has 0 saturated heterocycles. The predicted octanol–water partition coefficient (Wildman–Crippen LogP) is 5.36. The summed E-state index contributed by atoms with van der Waals surface area (Å²) in [5, 5.41) is 13.0. The topological polar surface area (TPSA) is 84.9 Å². The van der Waals surface area contributed by atoms with Gasteiger partial charge in [-0.25, -0.2) is 0 Å². The van der Waals surface area contributed by atoms with E-state index >= 15 is 0 Å². The summed E-state index contributed by atoms with van der Waals surface area (Å²) >= 11 is 6.47. The van der Waals surface area contributed by atoms with Gasteiger partial charge in [-0.1, -0.05) is 11.6 Å². The Morgan fingerprint density at radius 3 is 2.27 bits per heavy atom. The molecule has 0 aliphatic heterocycles. The minimum Gasteiger partial charge on any atom is -0.507 e. The third-order valence-corrected chi connectivity index (χ3v) is 5.87. The first-order valence-corrected chi connectivity index (χ1v) is 10.6. The molecule has 0 bridgehead atoms. The zero-order valence-corrected chi connectivity index (χ0v) is 17.5. The molecule has 158 valence electrons. The number of Topliss-reactive ketones (excluding diaryl/α,β-unsaturated/α-hetero) is 1. The number of hydrogen-bond donors (Lipinski definition) is 2. The fourth-order valence-corrected chi connectivity index (χ4v) is 3.59. The van der Waals surface area contributed by atoms with Gasteiger partial charge in [-0.15, -0.1) is 0 Å².